The molecule has 0 fully saturated rings. The quantitative estimate of drug-likeness (QED) is 0.664. The first-order valence-corrected chi connectivity index (χ1v) is 10.0. The molecule has 5 nitrogen and oxygen atoms in total. The predicted octanol–water partition coefficient (Wildman–Crippen LogP) is 3.13. The van der Waals surface area contributed by atoms with Crippen LogP contribution in [-0.4, -0.2) is 19.6 Å². The Morgan fingerprint density at radius 3 is 2.24 bits per heavy atom. The van der Waals surface area contributed by atoms with Crippen molar-refractivity contribution in [3.8, 4) is 5.75 Å². The first kappa shape index (κ1) is 17.4. The summed E-state index contributed by atoms with van der Waals surface area (Å²) >= 11 is 1.17. The number of aryl methyl sites for hydroxylation is 1. The van der Waals surface area contributed by atoms with Crippen molar-refractivity contribution in [2.75, 3.05) is 6.61 Å². The number of hydrogen-bond donors (Lipinski definition) is 0. The normalized spacial score (nSPS) is 11.4. The number of thiazole rings is 1. The lowest BCUT2D eigenvalue weighted by Crippen LogP contribution is -2.19. The maximum Gasteiger partial charge on any atom is 0.307 e. The molecule has 0 atom stereocenters. The van der Waals surface area contributed by atoms with Crippen molar-refractivity contribution in [2.45, 2.75) is 23.3 Å². The first-order valence-electron chi connectivity index (χ1n) is 7.66. The Bertz CT molecular complexity index is 1000. The van der Waals surface area contributed by atoms with E-state index < -0.39 is 9.84 Å². The lowest BCUT2D eigenvalue weighted by atomic mass is 10.3. The Labute approximate surface area is 150 Å². The molecule has 0 N–H and O–H groups in total. The van der Waals surface area contributed by atoms with Crippen molar-refractivity contribution in [3.05, 3.63) is 75.3 Å². The van der Waals surface area contributed by atoms with Gasteiger partial charge >= 0.3 is 4.87 Å². The van der Waals surface area contributed by atoms with Gasteiger partial charge in [-0.2, -0.15) is 0 Å². The van der Waals surface area contributed by atoms with Gasteiger partial charge in [0.25, 0.3) is 0 Å². The maximum atomic E-state index is 12.5. The molecule has 0 aliphatic carbocycles. The van der Waals surface area contributed by atoms with Crippen LogP contribution in [0.1, 0.15) is 5.69 Å². The third-order valence-electron chi connectivity index (χ3n) is 3.75. The largest absolute Gasteiger partial charge is 0.492 e. The Morgan fingerprint density at radius 2 is 1.64 bits per heavy atom. The smallest absolute Gasteiger partial charge is 0.307 e. The van der Waals surface area contributed by atoms with E-state index in [-0.39, 0.29) is 14.7 Å². The molecule has 3 rings (SSSR count). The Hall–Kier alpha value is -2.38. The van der Waals surface area contributed by atoms with Gasteiger partial charge in [-0.05, 0) is 43.3 Å². The van der Waals surface area contributed by atoms with Gasteiger partial charge in [-0.25, -0.2) is 8.42 Å². The van der Waals surface area contributed by atoms with E-state index >= 15 is 0 Å². The number of ether oxygens (including phenoxy) is 1. The number of nitrogens with zero attached hydrogens (tertiary/aromatic N) is 1. The summed E-state index contributed by atoms with van der Waals surface area (Å²) in [6.07, 6.45) is 0. The van der Waals surface area contributed by atoms with E-state index in [0.29, 0.717) is 18.9 Å². The van der Waals surface area contributed by atoms with Crippen LogP contribution in [0.2, 0.25) is 0 Å². The fourth-order valence-electron chi connectivity index (χ4n) is 2.38. The highest BCUT2D eigenvalue weighted by Gasteiger charge is 2.16. The van der Waals surface area contributed by atoms with E-state index in [2.05, 4.69) is 0 Å². The number of benzene rings is 2. The zero-order chi connectivity index (χ0) is 17.9. The summed E-state index contributed by atoms with van der Waals surface area (Å²) in [5.41, 5.74) is 0.905. The molecule has 0 spiro atoms. The van der Waals surface area contributed by atoms with Crippen LogP contribution in [0.15, 0.2) is 74.6 Å². The molecule has 1 heterocycles. The summed E-state index contributed by atoms with van der Waals surface area (Å²) < 4.78 is 32.3. The maximum absolute atomic E-state index is 12.5. The average Bonchev–Trinajstić information content (AvgIpc) is 2.95. The van der Waals surface area contributed by atoms with E-state index in [1.165, 1.54) is 23.5 Å². The summed E-state index contributed by atoms with van der Waals surface area (Å²) in [7, 11) is -3.52. The summed E-state index contributed by atoms with van der Waals surface area (Å²) in [5, 5.41) is 1.81. The molecule has 130 valence electrons. The molecule has 0 saturated carbocycles. The van der Waals surface area contributed by atoms with Crippen molar-refractivity contribution in [3.63, 3.8) is 0 Å². The lowest BCUT2D eigenvalue weighted by molar-refractivity contribution is 0.296. The highest BCUT2D eigenvalue weighted by molar-refractivity contribution is 7.91. The van der Waals surface area contributed by atoms with E-state index in [9.17, 15) is 13.2 Å². The van der Waals surface area contributed by atoms with E-state index in [1.54, 1.807) is 47.0 Å². The second kappa shape index (κ2) is 7.25. The van der Waals surface area contributed by atoms with Crippen molar-refractivity contribution in [1.29, 1.82) is 0 Å². The van der Waals surface area contributed by atoms with Gasteiger partial charge in [-0.1, -0.05) is 29.5 Å². The molecule has 0 saturated heterocycles. The van der Waals surface area contributed by atoms with Gasteiger partial charge in [-0.15, -0.1) is 0 Å². The Kier molecular flexibility index (Phi) is 5.06. The van der Waals surface area contributed by atoms with Crippen LogP contribution < -0.4 is 9.61 Å². The van der Waals surface area contributed by atoms with Crippen LogP contribution in [-0.2, 0) is 16.4 Å². The Balaban J connectivity index is 1.68. The van der Waals surface area contributed by atoms with Crippen molar-refractivity contribution < 1.29 is 13.2 Å². The van der Waals surface area contributed by atoms with Crippen molar-refractivity contribution in [1.82, 2.24) is 4.57 Å². The van der Waals surface area contributed by atoms with Crippen LogP contribution in [0.5, 0.6) is 5.75 Å². The Morgan fingerprint density at radius 1 is 1.00 bits per heavy atom. The number of sulfone groups is 1. The minimum Gasteiger partial charge on any atom is -0.492 e. The molecular formula is C18H17NO4S2. The molecule has 7 heteroatoms. The molecule has 1 aromatic heterocycles. The lowest BCUT2D eigenvalue weighted by Gasteiger charge is -2.09. The van der Waals surface area contributed by atoms with Gasteiger partial charge < -0.3 is 4.74 Å². The standard InChI is InChI=1S/C18H17NO4S2/c1-14-13-24-18(20)19(14)11-12-23-15-7-9-17(10-8-15)25(21,22)16-5-3-2-4-6-16/h2-10,13H,11-12H2,1H3. The highest BCUT2D eigenvalue weighted by atomic mass is 32.2. The molecule has 25 heavy (non-hydrogen) atoms. The molecule has 0 radical (unpaired) electrons. The number of hydrogen-bond acceptors (Lipinski definition) is 5. The zero-order valence-corrected chi connectivity index (χ0v) is 15.2. The molecule has 3 aromatic rings. The zero-order valence-electron chi connectivity index (χ0n) is 13.6. The van der Waals surface area contributed by atoms with Crippen LogP contribution in [0, 0.1) is 6.92 Å². The second-order valence-corrected chi connectivity index (χ2v) is 8.20. The van der Waals surface area contributed by atoms with Crippen molar-refractivity contribution in [2.24, 2.45) is 0 Å². The minimum absolute atomic E-state index is 0.00889. The van der Waals surface area contributed by atoms with E-state index in [1.807, 2.05) is 12.3 Å². The van der Waals surface area contributed by atoms with Gasteiger partial charge in [0.1, 0.15) is 12.4 Å². The summed E-state index contributed by atoms with van der Waals surface area (Å²) in [5.74, 6) is 0.563. The number of aromatic nitrogens is 1. The van der Waals surface area contributed by atoms with Gasteiger partial charge in [0.15, 0.2) is 0 Å². The predicted molar refractivity (Wildman–Crippen MR) is 97.1 cm³/mol. The SMILES string of the molecule is Cc1csc(=O)n1CCOc1ccc(S(=O)(=O)c2ccccc2)cc1. The average molecular weight is 375 g/mol. The monoisotopic (exact) mass is 375 g/mol. The summed E-state index contributed by atoms with van der Waals surface area (Å²) in [6, 6.07) is 14.6. The molecule has 0 bridgehead atoms. The molecule has 0 aliphatic heterocycles. The van der Waals surface area contributed by atoms with E-state index in [4.69, 9.17) is 4.74 Å². The van der Waals surface area contributed by atoms with Gasteiger partial charge in [0.05, 0.1) is 16.3 Å². The van der Waals surface area contributed by atoms with Crippen LogP contribution in [0.3, 0.4) is 0 Å². The third-order valence-corrected chi connectivity index (χ3v) is 6.41. The molecule has 0 unspecified atom stereocenters. The highest BCUT2D eigenvalue weighted by Crippen LogP contribution is 2.22. The molecular weight excluding hydrogens is 358 g/mol. The summed E-state index contributed by atoms with van der Waals surface area (Å²) in [4.78, 5) is 12.1. The molecule has 2 aromatic carbocycles. The van der Waals surface area contributed by atoms with Gasteiger partial charge in [0.2, 0.25) is 9.84 Å². The van der Waals surface area contributed by atoms with Crippen molar-refractivity contribution >= 4 is 21.2 Å². The van der Waals surface area contributed by atoms with Crippen LogP contribution in [0.4, 0.5) is 0 Å². The van der Waals surface area contributed by atoms with Gasteiger partial charge in [-0.3, -0.25) is 9.36 Å². The van der Waals surface area contributed by atoms with Crippen LogP contribution >= 0.6 is 11.3 Å². The molecule has 0 aliphatic rings. The van der Waals surface area contributed by atoms with E-state index in [0.717, 1.165) is 5.69 Å². The second-order valence-electron chi connectivity index (χ2n) is 5.43. The number of rotatable bonds is 6. The molecule has 0 amide bonds. The fourth-order valence-corrected chi connectivity index (χ4v) is 4.42. The third kappa shape index (κ3) is 3.83. The van der Waals surface area contributed by atoms with Crippen LogP contribution in [0.25, 0.3) is 0 Å². The minimum atomic E-state index is -3.52. The summed E-state index contributed by atoms with van der Waals surface area (Å²) in [6.45, 7) is 2.67. The fraction of sp³-hybridized carbons (Fsp3) is 0.167. The first-order chi connectivity index (χ1) is 12.0. The topological polar surface area (TPSA) is 65.4 Å². The van der Waals surface area contributed by atoms with Gasteiger partial charge in [0, 0.05) is 11.1 Å².